The van der Waals surface area contributed by atoms with Gasteiger partial charge in [0.25, 0.3) is 0 Å². The largest absolute Gasteiger partial charge is 0.357 e. The predicted molar refractivity (Wildman–Crippen MR) is 113 cm³/mol. The maximum atomic E-state index is 4.66. The highest BCUT2D eigenvalue weighted by Gasteiger charge is 2.13. The Labute approximate surface area is 166 Å². The summed E-state index contributed by atoms with van der Waals surface area (Å²) >= 11 is 0. The third-order valence-electron chi connectivity index (χ3n) is 4.64. The predicted octanol–water partition coefficient (Wildman–Crippen LogP) is 2.90. The molecule has 1 aromatic heterocycles. The van der Waals surface area contributed by atoms with Gasteiger partial charge in [0.15, 0.2) is 5.96 Å². The van der Waals surface area contributed by atoms with Crippen LogP contribution in [0.15, 0.2) is 72.0 Å². The summed E-state index contributed by atoms with van der Waals surface area (Å²) in [5, 5.41) is 10.9. The van der Waals surface area contributed by atoms with Crippen LogP contribution >= 0.6 is 0 Å². The van der Waals surface area contributed by atoms with Crippen molar-refractivity contribution in [3.8, 4) is 0 Å². The molecule has 0 aliphatic carbocycles. The van der Waals surface area contributed by atoms with Crippen molar-refractivity contribution in [1.82, 2.24) is 25.4 Å². The van der Waals surface area contributed by atoms with E-state index < -0.39 is 0 Å². The van der Waals surface area contributed by atoms with Crippen LogP contribution in [0.2, 0.25) is 0 Å². The molecule has 0 aliphatic rings. The molecule has 2 N–H and O–H groups in total. The fourth-order valence-electron chi connectivity index (χ4n) is 3.11. The van der Waals surface area contributed by atoms with E-state index in [-0.39, 0.29) is 0 Å². The van der Waals surface area contributed by atoms with Crippen LogP contribution in [0, 0.1) is 0 Å². The molecule has 0 amide bonds. The topological polar surface area (TPSA) is 67.1 Å². The SMILES string of the molecule is CCNC(=NCc1ncnn1C)NCC(Cc1ccccc1)c1ccccc1. The maximum Gasteiger partial charge on any atom is 0.191 e. The molecule has 3 aromatic rings. The summed E-state index contributed by atoms with van der Waals surface area (Å²) in [6, 6.07) is 21.3. The van der Waals surface area contributed by atoms with Crippen molar-refractivity contribution in [2.45, 2.75) is 25.8 Å². The minimum atomic E-state index is 0.349. The van der Waals surface area contributed by atoms with Gasteiger partial charge in [-0.25, -0.2) is 9.98 Å². The van der Waals surface area contributed by atoms with Gasteiger partial charge in [-0.05, 0) is 24.5 Å². The second-order valence-electron chi connectivity index (χ2n) is 6.67. The van der Waals surface area contributed by atoms with Gasteiger partial charge in [-0.1, -0.05) is 60.7 Å². The molecule has 0 fully saturated rings. The lowest BCUT2D eigenvalue weighted by molar-refractivity contribution is 0.642. The number of hydrogen-bond acceptors (Lipinski definition) is 3. The van der Waals surface area contributed by atoms with Crippen LogP contribution in [0.1, 0.15) is 29.8 Å². The van der Waals surface area contributed by atoms with Crippen molar-refractivity contribution in [2.24, 2.45) is 12.0 Å². The Kier molecular flexibility index (Phi) is 7.18. The Balaban J connectivity index is 1.70. The van der Waals surface area contributed by atoms with Crippen LogP contribution in [0.25, 0.3) is 0 Å². The number of rotatable bonds is 8. The lowest BCUT2D eigenvalue weighted by Gasteiger charge is -2.20. The van der Waals surface area contributed by atoms with Gasteiger partial charge in [-0.2, -0.15) is 5.10 Å². The second kappa shape index (κ2) is 10.3. The normalized spacial score (nSPS) is 12.6. The molecule has 6 heteroatoms. The lowest BCUT2D eigenvalue weighted by Crippen LogP contribution is -2.39. The molecule has 146 valence electrons. The van der Waals surface area contributed by atoms with E-state index in [0.29, 0.717) is 12.5 Å². The summed E-state index contributed by atoms with van der Waals surface area (Å²) in [6.07, 6.45) is 2.52. The Morgan fingerprint density at radius 1 is 1.04 bits per heavy atom. The molecule has 0 saturated carbocycles. The highest BCUT2D eigenvalue weighted by atomic mass is 15.3. The minimum Gasteiger partial charge on any atom is -0.357 e. The van der Waals surface area contributed by atoms with Gasteiger partial charge in [0.2, 0.25) is 0 Å². The van der Waals surface area contributed by atoms with Crippen LogP contribution in [-0.2, 0) is 20.0 Å². The molecule has 1 unspecified atom stereocenters. The van der Waals surface area contributed by atoms with Crippen LogP contribution in [0.3, 0.4) is 0 Å². The van der Waals surface area contributed by atoms with E-state index in [4.69, 9.17) is 0 Å². The minimum absolute atomic E-state index is 0.349. The lowest BCUT2D eigenvalue weighted by atomic mass is 9.92. The Hall–Kier alpha value is -3.15. The zero-order valence-corrected chi connectivity index (χ0v) is 16.5. The summed E-state index contributed by atoms with van der Waals surface area (Å²) in [5.41, 5.74) is 2.65. The fourth-order valence-corrected chi connectivity index (χ4v) is 3.11. The highest BCUT2D eigenvalue weighted by Crippen LogP contribution is 2.20. The van der Waals surface area contributed by atoms with Crippen molar-refractivity contribution in [3.05, 3.63) is 83.9 Å². The van der Waals surface area contributed by atoms with E-state index in [9.17, 15) is 0 Å². The fraction of sp³-hybridized carbons (Fsp3) is 0.318. The average Bonchev–Trinajstić information content (AvgIpc) is 3.15. The maximum absolute atomic E-state index is 4.66. The number of aryl methyl sites for hydroxylation is 1. The zero-order valence-electron chi connectivity index (χ0n) is 16.5. The molecule has 1 atom stereocenters. The summed E-state index contributed by atoms with van der Waals surface area (Å²) in [4.78, 5) is 8.90. The van der Waals surface area contributed by atoms with Crippen molar-refractivity contribution in [3.63, 3.8) is 0 Å². The number of nitrogens with zero attached hydrogens (tertiary/aromatic N) is 4. The molecule has 0 saturated heterocycles. The molecule has 6 nitrogen and oxygen atoms in total. The number of nitrogens with one attached hydrogen (secondary N) is 2. The summed E-state index contributed by atoms with van der Waals surface area (Å²) in [7, 11) is 1.88. The molecule has 0 radical (unpaired) electrons. The Morgan fingerprint density at radius 3 is 2.39 bits per heavy atom. The Morgan fingerprint density at radius 2 is 1.75 bits per heavy atom. The first-order valence-corrected chi connectivity index (χ1v) is 9.70. The van der Waals surface area contributed by atoms with Crippen LogP contribution in [0.5, 0.6) is 0 Å². The van der Waals surface area contributed by atoms with Crippen molar-refractivity contribution in [2.75, 3.05) is 13.1 Å². The molecule has 0 aliphatic heterocycles. The third-order valence-corrected chi connectivity index (χ3v) is 4.64. The van der Waals surface area contributed by atoms with Gasteiger partial charge in [-0.15, -0.1) is 0 Å². The number of guanidine groups is 1. The van der Waals surface area contributed by atoms with Gasteiger partial charge in [0.1, 0.15) is 18.7 Å². The highest BCUT2D eigenvalue weighted by molar-refractivity contribution is 5.79. The molecular weight excluding hydrogens is 348 g/mol. The molecular formula is C22H28N6. The van der Waals surface area contributed by atoms with Gasteiger partial charge in [0, 0.05) is 26.1 Å². The van der Waals surface area contributed by atoms with E-state index in [2.05, 4.69) is 93.3 Å². The van der Waals surface area contributed by atoms with E-state index in [1.165, 1.54) is 11.1 Å². The molecule has 1 heterocycles. The first-order valence-electron chi connectivity index (χ1n) is 9.70. The van der Waals surface area contributed by atoms with Gasteiger partial charge in [-0.3, -0.25) is 4.68 Å². The monoisotopic (exact) mass is 376 g/mol. The number of benzene rings is 2. The number of hydrogen-bond donors (Lipinski definition) is 2. The van der Waals surface area contributed by atoms with Gasteiger partial charge >= 0.3 is 0 Å². The standard InChI is InChI=1S/C22H28N6/c1-3-23-22(25-16-21-26-17-27-28(21)2)24-15-20(19-12-8-5-9-13-19)14-18-10-6-4-7-11-18/h4-13,17,20H,3,14-16H2,1-2H3,(H2,23,24,25). The Bertz CT molecular complexity index is 857. The van der Waals surface area contributed by atoms with Crippen LogP contribution < -0.4 is 10.6 Å². The smallest absolute Gasteiger partial charge is 0.191 e. The molecule has 0 spiro atoms. The molecule has 0 bridgehead atoms. The molecule has 28 heavy (non-hydrogen) atoms. The van der Waals surface area contributed by atoms with Crippen LogP contribution in [-0.4, -0.2) is 33.8 Å². The summed E-state index contributed by atoms with van der Waals surface area (Å²) in [6.45, 7) is 4.15. The first-order chi connectivity index (χ1) is 13.8. The number of aliphatic imine (C=N–C) groups is 1. The van der Waals surface area contributed by atoms with Crippen molar-refractivity contribution < 1.29 is 0 Å². The van der Waals surface area contributed by atoms with Crippen molar-refractivity contribution in [1.29, 1.82) is 0 Å². The summed E-state index contributed by atoms with van der Waals surface area (Å²) in [5.74, 6) is 1.97. The third kappa shape index (κ3) is 5.67. The zero-order chi connectivity index (χ0) is 19.6. The van der Waals surface area contributed by atoms with Gasteiger partial charge in [0.05, 0.1) is 0 Å². The average molecular weight is 377 g/mol. The van der Waals surface area contributed by atoms with E-state index in [1.807, 2.05) is 7.05 Å². The number of aromatic nitrogens is 3. The first kappa shape index (κ1) is 19.6. The summed E-state index contributed by atoms with van der Waals surface area (Å²) < 4.78 is 1.75. The molecule has 3 rings (SSSR count). The van der Waals surface area contributed by atoms with Gasteiger partial charge < -0.3 is 10.6 Å². The molecule has 2 aromatic carbocycles. The van der Waals surface area contributed by atoms with E-state index >= 15 is 0 Å². The van der Waals surface area contributed by atoms with E-state index in [0.717, 1.165) is 31.3 Å². The van der Waals surface area contributed by atoms with Crippen LogP contribution in [0.4, 0.5) is 0 Å². The quantitative estimate of drug-likeness (QED) is 0.469. The van der Waals surface area contributed by atoms with E-state index in [1.54, 1.807) is 11.0 Å². The second-order valence-corrected chi connectivity index (χ2v) is 6.67. The van der Waals surface area contributed by atoms with Crippen molar-refractivity contribution >= 4 is 5.96 Å².